The van der Waals surface area contributed by atoms with Crippen LogP contribution in [-0.4, -0.2) is 40.1 Å². The number of rotatable bonds is 2. The smallest absolute Gasteiger partial charge is 0.306 e. The number of nitrogens with zero attached hydrogens (tertiary/aromatic N) is 1. The number of aliphatic carboxylic acids is 1. The van der Waals surface area contributed by atoms with Crippen LogP contribution in [0.1, 0.15) is 28.8 Å². The van der Waals surface area contributed by atoms with Crippen molar-refractivity contribution in [2.45, 2.75) is 19.8 Å². The van der Waals surface area contributed by atoms with Crippen molar-refractivity contribution in [3.05, 3.63) is 35.4 Å². The van der Waals surface area contributed by atoms with Crippen molar-refractivity contribution < 1.29 is 14.7 Å². The Kier molecular flexibility index (Phi) is 4.90. The van der Waals surface area contributed by atoms with E-state index in [0.29, 0.717) is 36.6 Å². The summed E-state index contributed by atoms with van der Waals surface area (Å²) in [6, 6.07) is 7.25. The number of hydrogen-bond donors (Lipinski definition) is 2. The van der Waals surface area contributed by atoms with Gasteiger partial charge in [0.2, 0.25) is 0 Å². The molecule has 0 aliphatic carbocycles. The van der Waals surface area contributed by atoms with Crippen LogP contribution in [0, 0.1) is 12.8 Å². The SMILES string of the molecule is Cc1ccc(C(=O)NC(=S)N2CCC(C(=O)O)CC2)cc1. The highest BCUT2D eigenvalue weighted by molar-refractivity contribution is 7.80. The number of aryl methyl sites for hydroxylation is 1. The molecule has 1 aromatic rings. The van der Waals surface area contributed by atoms with Gasteiger partial charge in [-0.1, -0.05) is 17.7 Å². The van der Waals surface area contributed by atoms with Crippen LogP contribution in [0.5, 0.6) is 0 Å². The molecule has 21 heavy (non-hydrogen) atoms. The van der Waals surface area contributed by atoms with Gasteiger partial charge in [-0.05, 0) is 44.1 Å². The first-order valence-electron chi connectivity index (χ1n) is 6.87. The molecule has 1 aromatic carbocycles. The summed E-state index contributed by atoms with van der Waals surface area (Å²) in [6.45, 7) is 3.08. The highest BCUT2D eigenvalue weighted by Gasteiger charge is 2.26. The maximum Gasteiger partial charge on any atom is 0.306 e. The first-order valence-corrected chi connectivity index (χ1v) is 7.28. The highest BCUT2D eigenvalue weighted by Crippen LogP contribution is 2.17. The lowest BCUT2D eigenvalue weighted by molar-refractivity contribution is -0.143. The van der Waals surface area contributed by atoms with Gasteiger partial charge in [-0.2, -0.15) is 0 Å². The van der Waals surface area contributed by atoms with Crippen LogP contribution < -0.4 is 5.32 Å². The second-order valence-electron chi connectivity index (χ2n) is 5.22. The summed E-state index contributed by atoms with van der Waals surface area (Å²) in [6.07, 6.45) is 1.10. The number of hydrogen-bond acceptors (Lipinski definition) is 3. The fourth-order valence-electron chi connectivity index (χ4n) is 2.28. The molecule has 1 aliphatic heterocycles. The van der Waals surface area contributed by atoms with E-state index in [-0.39, 0.29) is 11.8 Å². The minimum Gasteiger partial charge on any atom is -0.481 e. The Morgan fingerprint density at radius 3 is 2.33 bits per heavy atom. The normalized spacial score (nSPS) is 15.6. The van der Waals surface area contributed by atoms with Crippen LogP contribution in [0.2, 0.25) is 0 Å². The van der Waals surface area contributed by atoms with Gasteiger partial charge in [0.25, 0.3) is 5.91 Å². The number of carboxylic acids is 1. The topological polar surface area (TPSA) is 69.6 Å². The molecule has 0 radical (unpaired) electrons. The number of carbonyl (C=O) groups is 2. The third kappa shape index (κ3) is 4.01. The first-order chi connectivity index (χ1) is 9.97. The molecule has 0 unspecified atom stereocenters. The Morgan fingerprint density at radius 2 is 1.81 bits per heavy atom. The Bertz CT molecular complexity index is 549. The summed E-state index contributed by atoms with van der Waals surface area (Å²) in [5, 5.41) is 12.0. The predicted octanol–water partition coefficient (Wildman–Crippen LogP) is 1.81. The molecule has 0 atom stereocenters. The Balaban J connectivity index is 1.89. The van der Waals surface area contributed by atoms with Crippen molar-refractivity contribution in [2.24, 2.45) is 5.92 Å². The predicted molar refractivity (Wildman–Crippen MR) is 83.2 cm³/mol. The van der Waals surface area contributed by atoms with Gasteiger partial charge in [0, 0.05) is 18.7 Å². The first kappa shape index (κ1) is 15.4. The number of thiocarbonyl (C=S) groups is 1. The number of nitrogens with one attached hydrogen (secondary N) is 1. The largest absolute Gasteiger partial charge is 0.481 e. The van der Waals surface area contributed by atoms with E-state index in [1.54, 1.807) is 12.1 Å². The summed E-state index contributed by atoms with van der Waals surface area (Å²) in [5.41, 5.74) is 1.65. The molecule has 0 bridgehead atoms. The van der Waals surface area contributed by atoms with E-state index in [1.807, 2.05) is 24.0 Å². The Morgan fingerprint density at radius 1 is 1.24 bits per heavy atom. The zero-order valence-electron chi connectivity index (χ0n) is 11.8. The standard InChI is InChI=1S/C15H18N2O3S/c1-10-2-4-11(5-3-10)13(18)16-15(21)17-8-6-12(7-9-17)14(19)20/h2-5,12H,6-9H2,1H3,(H,19,20)(H,16,18,21). The number of piperidine rings is 1. The van der Waals surface area contributed by atoms with Gasteiger partial charge in [0.1, 0.15) is 0 Å². The van der Waals surface area contributed by atoms with Crippen molar-refractivity contribution in [1.82, 2.24) is 10.2 Å². The second-order valence-corrected chi connectivity index (χ2v) is 5.61. The molecule has 1 amide bonds. The van der Waals surface area contributed by atoms with E-state index in [0.717, 1.165) is 5.56 Å². The molecule has 0 saturated carbocycles. The van der Waals surface area contributed by atoms with Gasteiger partial charge in [-0.15, -0.1) is 0 Å². The Hall–Kier alpha value is -1.95. The summed E-state index contributed by atoms with van der Waals surface area (Å²) in [7, 11) is 0. The fraction of sp³-hybridized carbons (Fsp3) is 0.400. The van der Waals surface area contributed by atoms with Crippen molar-refractivity contribution in [2.75, 3.05) is 13.1 Å². The maximum absolute atomic E-state index is 12.1. The van der Waals surface area contributed by atoms with Gasteiger partial charge in [0.05, 0.1) is 5.92 Å². The third-order valence-corrected chi connectivity index (χ3v) is 4.03. The molecular weight excluding hydrogens is 288 g/mol. The molecule has 0 spiro atoms. The molecule has 2 N–H and O–H groups in total. The maximum atomic E-state index is 12.1. The van der Waals surface area contributed by atoms with Crippen molar-refractivity contribution in [3.8, 4) is 0 Å². The average molecular weight is 306 g/mol. The molecule has 2 rings (SSSR count). The summed E-state index contributed by atoms with van der Waals surface area (Å²) in [4.78, 5) is 24.8. The number of likely N-dealkylation sites (tertiary alicyclic amines) is 1. The van der Waals surface area contributed by atoms with Crippen LogP contribution in [0.25, 0.3) is 0 Å². The molecule has 1 heterocycles. The third-order valence-electron chi connectivity index (χ3n) is 3.67. The minimum absolute atomic E-state index is 0.236. The van der Waals surface area contributed by atoms with E-state index >= 15 is 0 Å². The summed E-state index contributed by atoms with van der Waals surface area (Å²) < 4.78 is 0. The monoisotopic (exact) mass is 306 g/mol. The lowest BCUT2D eigenvalue weighted by Crippen LogP contribution is -2.47. The molecule has 6 heteroatoms. The summed E-state index contributed by atoms with van der Waals surface area (Å²) >= 11 is 5.23. The van der Waals surface area contributed by atoms with Crippen LogP contribution in [0.3, 0.4) is 0 Å². The zero-order chi connectivity index (χ0) is 15.4. The van der Waals surface area contributed by atoms with Gasteiger partial charge in [0.15, 0.2) is 5.11 Å². The van der Waals surface area contributed by atoms with Gasteiger partial charge >= 0.3 is 5.97 Å². The van der Waals surface area contributed by atoms with Crippen LogP contribution in [0.15, 0.2) is 24.3 Å². The molecular formula is C15H18N2O3S. The van der Waals surface area contributed by atoms with Crippen molar-refractivity contribution in [1.29, 1.82) is 0 Å². The van der Waals surface area contributed by atoms with Gasteiger partial charge in [-0.25, -0.2) is 0 Å². The van der Waals surface area contributed by atoms with Crippen LogP contribution in [0.4, 0.5) is 0 Å². The van der Waals surface area contributed by atoms with Crippen LogP contribution >= 0.6 is 12.2 Å². The van der Waals surface area contributed by atoms with E-state index < -0.39 is 5.97 Å². The summed E-state index contributed by atoms with van der Waals surface area (Å²) in [5.74, 6) is -1.30. The molecule has 112 valence electrons. The number of benzene rings is 1. The molecule has 0 aromatic heterocycles. The molecule has 5 nitrogen and oxygen atoms in total. The number of carboxylic acid groups (broad SMARTS) is 1. The Labute approximate surface area is 128 Å². The number of amides is 1. The zero-order valence-corrected chi connectivity index (χ0v) is 12.7. The van der Waals surface area contributed by atoms with E-state index in [2.05, 4.69) is 5.32 Å². The lowest BCUT2D eigenvalue weighted by Gasteiger charge is -2.31. The highest BCUT2D eigenvalue weighted by atomic mass is 32.1. The van der Waals surface area contributed by atoms with E-state index in [1.165, 1.54) is 0 Å². The lowest BCUT2D eigenvalue weighted by atomic mass is 9.97. The molecule has 1 aliphatic rings. The minimum atomic E-state index is -0.760. The second kappa shape index (κ2) is 6.67. The number of carbonyl (C=O) groups excluding carboxylic acids is 1. The van der Waals surface area contributed by atoms with Crippen LogP contribution in [-0.2, 0) is 4.79 Å². The fourth-order valence-corrected chi connectivity index (χ4v) is 2.56. The van der Waals surface area contributed by atoms with E-state index in [9.17, 15) is 9.59 Å². The molecule has 1 fully saturated rings. The van der Waals surface area contributed by atoms with Crippen molar-refractivity contribution in [3.63, 3.8) is 0 Å². The van der Waals surface area contributed by atoms with Gasteiger partial charge in [-0.3, -0.25) is 14.9 Å². The van der Waals surface area contributed by atoms with Gasteiger partial charge < -0.3 is 10.0 Å². The van der Waals surface area contributed by atoms with E-state index in [4.69, 9.17) is 17.3 Å². The molecule has 1 saturated heterocycles. The van der Waals surface area contributed by atoms with Crippen molar-refractivity contribution >= 4 is 29.2 Å². The average Bonchev–Trinajstić information content (AvgIpc) is 2.47. The quantitative estimate of drug-likeness (QED) is 0.816.